The standard InChI is InChI=1S/C7H5Cl2FO/c1-3-5(11)2-4(8)6(9)7(3)10/h2,11H,1H3. The lowest BCUT2D eigenvalue weighted by molar-refractivity contribution is 0.463. The molecule has 0 spiro atoms. The second-order valence-electron chi connectivity index (χ2n) is 2.13. The van der Waals surface area contributed by atoms with Crippen molar-refractivity contribution >= 4 is 23.2 Å². The average molecular weight is 195 g/mol. The highest BCUT2D eigenvalue weighted by atomic mass is 35.5. The van der Waals surface area contributed by atoms with Crippen LogP contribution in [0.3, 0.4) is 0 Å². The molecule has 0 radical (unpaired) electrons. The monoisotopic (exact) mass is 194 g/mol. The second kappa shape index (κ2) is 2.88. The summed E-state index contributed by atoms with van der Waals surface area (Å²) in [6, 6.07) is 1.21. The van der Waals surface area contributed by atoms with Gasteiger partial charge in [0.25, 0.3) is 0 Å². The number of hydrogen-bond acceptors (Lipinski definition) is 1. The molecule has 1 rings (SSSR count). The van der Waals surface area contributed by atoms with Crippen LogP contribution in [0.2, 0.25) is 10.0 Å². The smallest absolute Gasteiger partial charge is 0.149 e. The molecule has 1 nitrogen and oxygen atoms in total. The van der Waals surface area contributed by atoms with Gasteiger partial charge >= 0.3 is 0 Å². The molecule has 0 unspecified atom stereocenters. The van der Waals surface area contributed by atoms with Gasteiger partial charge in [-0.2, -0.15) is 0 Å². The first-order valence-electron chi connectivity index (χ1n) is 2.87. The molecule has 0 fully saturated rings. The average Bonchev–Trinajstić information content (AvgIpc) is 1.97. The SMILES string of the molecule is Cc1c(O)cc(Cl)c(Cl)c1F. The Morgan fingerprint density at radius 1 is 1.45 bits per heavy atom. The quantitative estimate of drug-likeness (QED) is 0.630. The molecule has 0 aliphatic rings. The maximum Gasteiger partial charge on any atom is 0.149 e. The summed E-state index contributed by atoms with van der Waals surface area (Å²) in [5.41, 5.74) is 0.111. The van der Waals surface area contributed by atoms with E-state index in [1.165, 1.54) is 13.0 Å². The molecule has 1 aromatic carbocycles. The minimum absolute atomic E-state index is 0.0206. The Morgan fingerprint density at radius 3 is 2.55 bits per heavy atom. The minimum atomic E-state index is -0.670. The van der Waals surface area contributed by atoms with Crippen molar-refractivity contribution in [2.24, 2.45) is 0 Å². The van der Waals surface area contributed by atoms with Gasteiger partial charge < -0.3 is 5.11 Å². The molecule has 0 amide bonds. The van der Waals surface area contributed by atoms with Crippen molar-refractivity contribution in [3.8, 4) is 5.75 Å². The fourth-order valence-corrected chi connectivity index (χ4v) is 1.06. The van der Waals surface area contributed by atoms with E-state index in [9.17, 15) is 4.39 Å². The Morgan fingerprint density at radius 2 is 2.00 bits per heavy atom. The van der Waals surface area contributed by atoms with Gasteiger partial charge in [0.1, 0.15) is 11.6 Å². The summed E-state index contributed by atoms with van der Waals surface area (Å²) in [6.07, 6.45) is 0. The zero-order chi connectivity index (χ0) is 8.59. The third-order valence-electron chi connectivity index (χ3n) is 1.38. The minimum Gasteiger partial charge on any atom is -0.508 e. The van der Waals surface area contributed by atoms with Crippen LogP contribution in [-0.2, 0) is 0 Å². The topological polar surface area (TPSA) is 20.2 Å². The summed E-state index contributed by atoms with van der Waals surface area (Å²) < 4.78 is 12.9. The van der Waals surface area contributed by atoms with E-state index in [1.807, 2.05) is 0 Å². The number of hydrogen-bond donors (Lipinski definition) is 1. The first-order valence-corrected chi connectivity index (χ1v) is 3.62. The van der Waals surface area contributed by atoms with Gasteiger partial charge in [-0.15, -0.1) is 0 Å². The van der Waals surface area contributed by atoms with Gasteiger partial charge in [-0.25, -0.2) is 4.39 Å². The van der Waals surface area contributed by atoms with E-state index < -0.39 is 5.82 Å². The fraction of sp³-hybridized carbons (Fsp3) is 0.143. The molecule has 0 heterocycles. The Labute approximate surface area is 73.4 Å². The van der Waals surface area contributed by atoms with Crippen molar-refractivity contribution in [2.45, 2.75) is 6.92 Å². The molecule has 0 atom stereocenters. The largest absolute Gasteiger partial charge is 0.508 e. The van der Waals surface area contributed by atoms with Gasteiger partial charge in [0, 0.05) is 11.6 Å². The van der Waals surface area contributed by atoms with E-state index in [2.05, 4.69) is 0 Å². The van der Waals surface area contributed by atoms with Gasteiger partial charge in [0.05, 0.1) is 10.0 Å². The number of phenolic OH excluding ortho intramolecular Hbond substituents is 1. The third kappa shape index (κ3) is 1.42. The van der Waals surface area contributed by atoms with Crippen LogP contribution in [-0.4, -0.2) is 5.11 Å². The summed E-state index contributed by atoms with van der Waals surface area (Å²) in [5.74, 6) is -0.853. The van der Waals surface area contributed by atoms with E-state index in [-0.39, 0.29) is 21.4 Å². The van der Waals surface area contributed by atoms with Crippen LogP contribution < -0.4 is 0 Å². The van der Waals surface area contributed by atoms with Gasteiger partial charge in [-0.1, -0.05) is 23.2 Å². The van der Waals surface area contributed by atoms with Crippen molar-refractivity contribution in [2.75, 3.05) is 0 Å². The second-order valence-corrected chi connectivity index (χ2v) is 2.92. The van der Waals surface area contributed by atoms with Crippen LogP contribution in [0.5, 0.6) is 5.75 Å². The number of halogens is 3. The Bertz CT molecular complexity index is 273. The number of aromatic hydroxyl groups is 1. The first-order chi connectivity index (χ1) is 5.04. The molecule has 0 aromatic heterocycles. The summed E-state index contributed by atoms with van der Waals surface area (Å²) >= 11 is 10.9. The van der Waals surface area contributed by atoms with E-state index in [0.29, 0.717) is 0 Å². The molecule has 60 valence electrons. The molecule has 4 heteroatoms. The van der Waals surface area contributed by atoms with Gasteiger partial charge in [-0.05, 0) is 6.92 Å². The lowest BCUT2D eigenvalue weighted by Gasteiger charge is -2.03. The van der Waals surface area contributed by atoms with Gasteiger partial charge in [0.15, 0.2) is 0 Å². The van der Waals surface area contributed by atoms with E-state index >= 15 is 0 Å². The van der Waals surface area contributed by atoms with Gasteiger partial charge in [0.2, 0.25) is 0 Å². The number of phenols is 1. The summed E-state index contributed by atoms with van der Waals surface area (Å²) in [7, 11) is 0. The third-order valence-corrected chi connectivity index (χ3v) is 2.14. The molecule has 11 heavy (non-hydrogen) atoms. The van der Waals surface area contributed by atoms with E-state index in [0.717, 1.165) is 0 Å². The van der Waals surface area contributed by atoms with Crippen molar-refractivity contribution < 1.29 is 9.50 Å². The molecular weight excluding hydrogens is 190 g/mol. The number of rotatable bonds is 0. The number of benzene rings is 1. The van der Waals surface area contributed by atoms with Crippen LogP contribution in [0, 0.1) is 12.7 Å². The van der Waals surface area contributed by atoms with Crippen molar-refractivity contribution in [1.29, 1.82) is 0 Å². The Balaban J connectivity index is 3.46. The first kappa shape index (κ1) is 8.62. The normalized spacial score (nSPS) is 10.2. The summed E-state index contributed by atoms with van der Waals surface area (Å²) in [6.45, 7) is 1.42. The zero-order valence-electron chi connectivity index (χ0n) is 5.66. The highest BCUT2D eigenvalue weighted by Crippen LogP contribution is 2.32. The lowest BCUT2D eigenvalue weighted by Crippen LogP contribution is -1.85. The molecule has 0 aliphatic heterocycles. The summed E-state index contributed by atoms with van der Waals surface area (Å²) in [5, 5.41) is 8.89. The van der Waals surface area contributed by atoms with Crippen LogP contribution in [0.4, 0.5) is 4.39 Å². The molecular formula is C7H5Cl2FO. The zero-order valence-corrected chi connectivity index (χ0v) is 7.17. The molecule has 1 aromatic rings. The molecule has 0 aliphatic carbocycles. The van der Waals surface area contributed by atoms with E-state index in [1.54, 1.807) is 0 Å². The lowest BCUT2D eigenvalue weighted by atomic mass is 10.2. The predicted octanol–water partition coefficient (Wildman–Crippen LogP) is 3.15. The van der Waals surface area contributed by atoms with Crippen molar-refractivity contribution in [1.82, 2.24) is 0 Å². The van der Waals surface area contributed by atoms with Crippen molar-refractivity contribution in [3.63, 3.8) is 0 Å². The van der Waals surface area contributed by atoms with E-state index in [4.69, 9.17) is 28.3 Å². The Kier molecular flexibility index (Phi) is 2.25. The molecule has 1 N–H and O–H groups in total. The fourth-order valence-electron chi connectivity index (χ4n) is 0.674. The summed E-state index contributed by atoms with van der Waals surface area (Å²) in [4.78, 5) is 0. The highest BCUT2D eigenvalue weighted by Gasteiger charge is 2.11. The molecule has 0 bridgehead atoms. The molecule has 0 saturated heterocycles. The maximum atomic E-state index is 12.9. The van der Waals surface area contributed by atoms with Gasteiger partial charge in [-0.3, -0.25) is 0 Å². The Hall–Kier alpha value is -0.470. The predicted molar refractivity (Wildman–Crippen MR) is 42.8 cm³/mol. The van der Waals surface area contributed by atoms with Crippen LogP contribution >= 0.6 is 23.2 Å². The van der Waals surface area contributed by atoms with Crippen LogP contribution in [0.1, 0.15) is 5.56 Å². The van der Waals surface area contributed by atoms with Crippen LogP contribution in [0.25, 0.3) is 0 Å². The maximum absolute atomic E-state index is 12.9. The van der Waals surface area contributed by atoms with Crippen LogP contribution in [0.15, 0.2) is 6.07 Å². The van der Waals surface area contributed by atoms with Crippen molar-refractivity contribution in [3.05, 3.63) is 27.5 Å². The highest BCUT2D eigenvalue weighted by molar-refractivity contribution is 6.42. The molecule has 0 saturated carbocycles.